The molecule has 1 aromatic carbocycles. The van der Waals surface area contributed by atoms with E-state index in [0.29, 0.717) is 17.3 Å². The lowest BCUT2D eigenvalue weighted by Crippen LogP contribution is -2.29. The van der Waals surface area contributed by atoms with Gasteiger partial charge in [-0.1, -0.05) is 6.58 Å². The highest BCUT2D eigenvalue weighted by Gasteiger charge is 2.15. The molecule has 0 radical (unpaired) electrons. The summed E-state index contributed by atoms with van der Waals surface area (Å²) in [6.45, 7) is 9.37. The van der Waals surface area contributed by atoms with Crippen molar-refractivity contribution in [3.63, 3.8) is 0 Å². The summed E-state index contributed by atoms with van der Waals surface area (Å²) in [5.41, 5.74) is 5.44. The number of benzene rings is 1. The number of nitrogens with zero attached hydrogens (tertiary/aromatic N) is 6. The molecule has 0 saturated heterocycles. The van der Waals surface area contributed by atoms with Crippen LogP contribution in [0.15, 0.2) is 61.7 Å². The molecule has 186 valence electrons. The molecule has 3 heterocycles. The SMILES string of the molecule is C=CC(=O)Nc1cc(Nc2cc(-n3cc(C)c4cccnc43)ncn2)c(C)cc1N(C)CCN(C)C. The molecule has 4 rings (SSSR count). The van der Waals surface area contributed by atoms with E-state index in [1.807, 2.05) is 63.1 Å². The average Bonchev–Trinajstić information content (AvgIpc) is 3.21. The number of aryl methyl sites for hydroxylation is 2. The highest BCUT2D eigenvalue weighted by Crippen LogP contribution is 2.33. The lowest BCUT2D eigenvalue weighted by atomic mass is 10.1. The van der Waals surface area contributed by atoms with Crippen molar-refractivity contribution in [1.29, 1.82) is 0 Å². The Balaban J connectivity index is 1.67. The topological polar surface area (TPSA) is 91.2 Å². The maximum absolute atomic E-state index is 12.2. The van der Waals surface area contributed by atoms with Gasteiger partial charge in [0.25, 0.3) is 0 Å². The van der Waals surface area contributed by atoms with Crippen molar-refractivity contribution in [3.8, 4) is 5.82 Å². The van der Waals surface area contributed by atoms with E-state index >= 15 is 0 Å². The van der Waals surface area contributed by atoms with Crippen LogP contribution in [-0.4, -0.2) is 64.6 Å². The molecule has 36 heavy (non-hydrogen) atoms. The van der Waals surface area contributed by atoms with Gasteiger partial charge < -0.3 is 20.4 Å². The molecule has 3 aromatic heterocycles. The fourth-order valence-electron chi connectivity index (χ4n) is 3.98. The van der Waals surface area contributed by atoms with Gasteiger partial charge in [-0.25, -0.2) is 15.0 Å². The highest BCUT2D eigenvalue weighted by atomic mass is 16.1. The molecule has 0 aliphatic carbocycles. The summed E-state index contributed by atoms with van der Waals surface area (Å²) in [5.74, 6) is 1.08. The van der Waals surface area contributed by atoms with Crippen LogP contribution in [0.2, 0.25) is 0 Å². The number of likely N-dealkylation sites (N-methyl/N-ethyl adjacent to an activating group) is 2. The molecule has 2 N–H and O–H groups in total. The first-order valence-electron chi connectivity index (χ1n) is 11.7. The number of pyridine rings is 1. The molecule has 1 amide bonds. The standard InChI is InChI=1S/C27H32N8O/c1-7-26(36)32-22-14-21(18(2)13-23(22)34(6)12-11-33(4)5)31-24-15-25(30-17-29-24)35-16-19(3)20-9-8-10-28-27(20)35/h7-10,13-17H,1,11-12H2,2-6H3,(H,32,36)(H,29,30,31). The van der Waals surface area contributed by atoms with Crippen molar-refractivity contribution in [1.82, 2.24) is 24.4 Å². The normalized spacial score (nSPS) is 11.1. The monoisotopic (exact) mass is 484 g/mol. The summed E-state index contributed by atoms with van der Waals surface area (Å²) < 4.78 is 1.96. The fourth-order valence-corrected chi connectivity index (χ4v) is 3.98. The second-order valence-electron chi connectivity index (χ2n) is 9.05. The number of hydrogen-bond acceptors (Lipinski definition) is 7. The number of carbonyl (C=O) groups excluding carboxylic acids is 1. The summed E-state index contributed by atoms with van der Waals surface area (Å²) >= 11 is 0. The number of amides is 1. The Morgan fingerprint density at radius 3 is 2.61 bits per heavy atom. The molecule has 0 atom stereocenters. The Morgan fingerprint density at radius 2 is 1.86 bits per heavy atom. The van der Waals surface area contributed by atoms with E-state index < -0.39 is 0 Å². The Kier molecular flexibility index (Phi) is 7.30. The Bertz CT molecular complexity index is 1410. The Morgan fingerprint density at radius 1 is 1.06 bits per heavy atom. The van der Waals surface area contributed by atoms with Gasteiger partial charge in [-0.2, -0.15) is 0 Å². The van der Waals surface area contributed by atoms with Crippen LogP contribution < -0.4 is 15.5 Å². The second kappa shape index (κ2) is 10.6. The van der Waals surface area contributed by atoms with Gasteiger partial charge in [0.05, 0.1) is 11.4 Å². The number of carbonyl (C=O) groups is 1. The molecule has 0 saturated carbocycles. The molecule has 0 fully saturated rings. The highest BCUT2D eigenvalue weighted by molar-refractivity contribution is 6.02. The van der Waals surface area contributed by atoms with Crippen molar-refractivity contribution >= 4 is 39.8 Å². The number of aromatic nitrogens is 4. The molecular weight excluding hydrogens is 452 g/mol. The molecule has 0 spiro atoms. The third-order valence-electron chi connectivity index (χ3n) is 6.00. The van der Waals surface area contributed by atoms with E-state index in [0.717, 1.165) is 46.6 Å². The minimum atomic E-state index is -0.265. The van der Waals surface area contributed by atoms with E-state index in [9.17, 15) is 4.79 Å². The minimum absolute atomic E-state index is 0.265. The van der Waals surface area contributed by atoms with Crippen molar-refractivity contribution in [3.05, 3.63) is 72.8 Å². The van der Waals surface area contributed by atoms with Crippen molar-refractivity contribution in [2.45, 2.75) is 13.8 Å². The van der Waals surface area contributed by atoms with Crippen LogP contribution in [0.4, 0.5) is 22.9 Å². The minimum Gasteiger partial charge on any atom is -0.372 e. The zero-order valence-electron chi connectivity index (χ0n) is 21.4. The number of fused-ring (bicyclic) bond motifs is 1. The molecule has 4 aromatic rings. The van der Waals surface area contributed by atoms with Crippen molar-refractivity contribution in [2.75, 3.05) is 49.8 Å². The number of anilines is 4. The average molecular weight is 485 g/mol. The Hall–Kier alpha value is -4.24. The molecule has 0 unspecified atom stereocenters. The quantitative estimate of drug-likeness (QED) is 0.342. The van der Waals surface area contributed by atoms with Gasteiger partial charge >= 0.3 is 0 Å². The summed E-state index contributed by atoms with van der Waals surface area (Å²) in [6.07, 6.45) is 6.60. The van der Waals surface area contributed by atoms with Crippen LogP contribution in [0.3, 0.4) is 0 Å². The third-order valence-corrected chi connectivity index (χ3v) is 6.00. The Labute approximate surface area is 211 Å². The summed E-state index contributed by atoms with van der Waals surface area (Å²) in [7, 11) is 6.09. The molecule has 9 heteroatoms. The van der Waals surface area contributed by atoms with Gasteiger partial charge in [0.1, 0.15) is 23.6 Å². The van der Waals surface area contributed by atoms with E-state index in [4.69, 9.17) is 0 Å². The first-order chi connectivity index (χ1) is 17.3. The molecule has 0 bridgehead atoms. The van der Waals surface area contributed by atoms with E-state index in [-0.39, 0.29) is 5.91 Å². The predicted octanol–water partition coefficient (Wildman–Crippen LogP) is 4.30. The molecular formula is C27H32N8O. The fraction of sp³-hybridized carbons (Fsp3) is 0.259. The van der Waals surface area contributed by atoms with Crippen LogP contribution in [-0.2, 0) is 4.79 Å². The lowest BCUT2D eigenvalue weighted by Gasteiger charge is -2.26. The van der Waals surface area contributed by atoms with Gasteiger partial charge in [0.15, 0.2) is 0 Å². The predicted molar refractivity (Wildman–Crippen MR) is 147 cm³/mol. The maximum Gasteiger partial charge on any atom is 0.247 e. The van der Waals surface area contributed by atoms with E-state index in [2.05, 4.69) is 55.0 Å². The maximum atomic E-state index is 12.2. The largest absolute Gasteiger partial charge is 0.372 e. The van der Waals surface area contributed by atoms with Crippen LogP contribution >= 0.6 is 0 Å². The molecule has 0 aliphatic heterocycles. The molecule has 0 aliphatic rings. The smallest absolute Gasteiger partial charge is 0.247 e. The summed E-state index contributed by atoms with van der Waals surface area (Å²) in [6, 6.07) is 9.85. The second-order valence-corrected chi connectivity index (χ2v) is 9.05. The van der Waals surface area contributed by atoms with Gasteiger partial charge in [0.2, 0.25) is 5.91 Å². The summed E-state index contributed by atoms with van der Waals surface area (Å²) in [4.78, 5) is 29.9. The van der Waals surface area contributed by atoms with Crippen LogP contribution in [0.25, 0.3) is 16.9 Å². The van der Waals surface area contributed by atoms with Gasteiger partial charge in [-0.3, -0.25) is 9.36 Å². The van der Waals surface area contributed by atoms with Crippen LogP contribution in [0.1, 0.15) is 11.1 Å². The lowest BCUT2D eigenvalue weighted by molar-refractivity contribution is -0.111. The van der Waals surface area contributed by atoms with Gasteiger partial charge in [-0.05, 0) is 69.4 Å². The van der Waals surface area contributed by atoms with Crippen LogP contribution in [0.5, 0.6) is 0 Å². The van der Waals surface area contributed by atoms with Crippen molar-refractivity contribution in [2.24, 2.45) is 0 Å². The molecule has 9 nitrogen and oxygen atoms in total. The number of nitrogens with one attached hydrogen (secondary N) is 2. The van der Waals surface area contributed by atoms with Crippen molar-refractivity contribution < 1.29 is 4.79 Å². The van der Waals surface area contributed by atoms with Crippen LogP contribution in [0, 0.1) is 13.8 Å². The first-order valence-corrected chi connectivity index (χ1v) is 11.7. The zero-order chi connectivity index (χ0) is 25.8. The zero-order valence-corrected chi connectivity index (χ0v) is 21.4. The van der Waals surface area contributed by atoms with Gasteiger partial charge in [-0.15, -0.1) is 0 Å². The van der Waals surface area contributed by atoms with Gasteiger partial charge in [0, 0.05) is 49.7 Å². The number of rotatable bonds is 9. The van der Waals surface area contributed by atoms with E-state index in [1.54, 1.807) is 6.20 Å². The summed E-state index contributed by atoms with van der Waals surface area (Å²) in [5, 5.41) is 7.42. The number of hydrogen-bond donors (Lipinski definition) is 2. The third kappa shape index (κ3) is 5.36. The first kappa shape index (κ1) is 24.9. The van der Waals surface area contributed by atoms with E-state index in [1.165, 1.54) is 12.4 Å².